The molecule has 0 amide bonds. The highest BCUT2D eigenvalue weighted by atomic mass is 16.5. The third-order valence-corrected chi connectivity index (χ3v) is 3.27. The first-order valence-electron chi connectivity index (χ1n) is 5.96. The van der Waals surface area contributed by atoms with Crippen molar-refractivity contribution in [2.24, 2.45) is 0 Å². The lowest BCUT2D eigenvalue weighted by atomic mass is 9.94. The molecule has 4 nitrogen and oxygen atoms in total. The van der Waals surface area contributed by atoms with Crippen molar-refractivity contribution in [3.8, 4) is 0 Å². The van der Waals surface area contributed by atoms with E-state index in [2.05, 4.69) is 0 Å². The first-order valence-corrected chi connectivity index (χ1v) is 5.96. The smallest absolute Gasteiger partial charge is 0.0865 e. The Balaban J connectivity index is 2.03. The predicted octanol–water partition coefficient (Wildman–Crippen LogP) is 1.25. The summed E-state index contributed by atoms with van der Waals surface area (Å²) in [5.74, 6) is 0. The molecular weight excluding hydrogens is 216 g/mol. The first kappa shape index (κ1) is 12.2. The molecule has 2 rings (SSSR count). The lowest BCUT2D eigenvalue weighted by Crippen LogP contribution is -2.45. The minimum absolute atomic E-state index is 0.611. The van der Waals surface area contributed by atoms with E-state index < -0.39 is 5.60 Å². The van der Waals surface area contributed by atoms with Crippen LogP contribution in [0.3, 0.4) is 0 Å². The third-order valence-electron chi connectivity index (χ3n) is 3.27. The van der Waals surface area contributed by atoms with Crippen LogP contribution in [-0.4, -0.2) is 37.5 Å². The molecule has 4 heteroatoms. The maximum absolute atomic E-state index is 10.4. The van der Waals surface area contributed by atoms with E-state index in [0.717, 1.165) is 11.4 Å². The van der Waals surface area contributed by atoms with Crippen molar-refractivity contribution < 1.29 is 9.84 Å². The highest BCUT2D eigenvalue weighted by Crippen LogP contribution is 2.24. The number of rotatable bonds is 3. The van der Waals surface area contributed by atoms with Gasteiger partial charge < -0.3 is 20.5 Å². The highest BCUT2D eigenvalue weighted by molar-refractivity contribution is 5.55. The summed E-state index contributed by atoms with van der Waals surface area (Å²) < 4.78 is 5.27. The van der Waals surface area contributed by atoms with Gasteiger partial charge in [-0.1, -0.05) is 6.07 Å². The molecule has 0 aliphatic carbocycles. The molecule has 1 aromatic rings. The van der Waals surface area contributed by atoms with Crippen LogP contribution in [0.25, 0.3) is 0 Å². The molecule has 1 aromatic carbocycles. The van der Waals surface area contributed by atoms with E-state index in [4.69, 9.17) is 10.5 Å². The number of nitrogen functional groups attached to an aromatic ring is 1. The number of likely N-dealkylation sites (N-methyl/N-ethyl adjacent to an activating group) is 1. The summed E-state index contributed by atoms with van der Waals surface area (Å²) in [6.45, 7) is 1.89. The fourth-order valence-electron chi connectivity index (χ4n) is 2.20. The summed E-state index contributed by atoms with van der Waals surface area (Å²) in [6, 6.07) is 7.71. The van der Waals surface area contributed by atoms with Crippen LogP contribution < -0.4 is 10.6 Å². The lowest BCUT2D eigenvalue weighted by molar-refractivity contribution is -0.0572. The SMILES string of the molecule is CN(CC1(O)CCOCC1)c1cccc(N)c1. The summed E-state index contributed by atoms with van der Waals surface area (Å²) >= 11 is 0. The van der Waals surface area contributed by atoms with Crippen molar-refractivity contribution in [1.29, 1.82) is 0 Å². The topological polar surface area (TPSA) is 58.7 Å². The van der Waals surface area contributed by atoms with Gasteiger partial charge in [-0.05, 0) is 18.2 Å². The number of hydrogen-bond acceptors (Lipinski definition) is 4. The molecule has 0 bridgehead atoms. The molecule has 1 heterocycles. The average molecular weight is 236 g/mol. The Morgan fingerprint density at radius 2 is 2.12 bits per heavy atom. The summed E-state index contributed by atoms with van der Waals surface area (Å²) in [5.41, 5.74) is 6.89. The van der Waals surface area contributed by atoms with Crippen LogP contribution >= 0.6 is 0 Å². The van der Waals surface area contributed by atoms with Crippen molar-refractivity contribution in [2.45, 2.75) is 18.4 Å². The van der Waals surface area contributed by atoms with E-state index in [-0.39, 0.29) is 0 Å². The summed E-state index contributed by atoms with van der Waals surface area (Å²) in [6.07, 6.45) is 1.39. The Hall–Kier alpha value is -1.26. The van der Waals surface area contributed by atoms with E-state index >= 15 is 0 Å². The van der Waals surface area contributed by atoms with Gasteiger partial charge in [0.05, 0.1) is 5.60 Å². The predicted molar refractivity (Wildman–Crippen MR) is 69.1 cm³/mol. The Kier molecular flexibility index (Phi) is 3.54. The van der Waals surface area contributed by atoms with Gasteiger partial charge >= 0.3 is 0 Å². The number of benzene rings is 1. The maximum atomic E-state index is 10.4. The minimum atomic E-state index is -0.641. The van der Waals surface area contributed by atoms with Crippen molar-refractivity contribution in [2.75, 3.05) is 37.4 Å². The normalized spacial score (nSPS) is 18.9. The molecular formula is C13H20N2O2. The van der Waals surface area contributed by atoms with Gasteiger partial charge in [-0.15, -0.1) is 0 Å². The van der Waals surface area contributed by atoms with E-state index in [9.17, 15) is 5.11 Å². The molecule has 0 aromatic heterocycles. The quantitative estimate of drug-likeness (QED) is 0.775. The zero-order valence-electron chi connectivity index (χ0n) is 10.2. The van der Waals surface area contributed by atoms with Crippen LogP contribution in [-0.2, 0) is 4.74 Å². The molecule has 0 unspecified atom stereocenters. The molecule has 0 spiro atoms. The van der Waals surface area contributed by atoms with E-state index in [0.29, 0.717) is 32.6 Å². The van der Waals surface area contributed by atoms with Crippen LogP contribution in [0.4, 0.5) is 11.4 Å². The summed E-state index contributed by atoms with van der Waals surface area (Å²) in [7, 11) is 1.97. The molecule has 1 aliphatic heterocycles. The van der Waals surface area contributed by atoms with Crippen LogP contribution in [0.1, 0.15) is 12.8 Å². The third kappa shape index (κ3) is 3.11. The second-order valence-electron chi connectivity index (χ2n) is 4.79. The number of aliphatic hydroxyl groups is 1. The number of hydrogen-bond donors (Lipinski definition) is 2. The standard InChI is InChI=1S/C13H20N2O2/c1-15(12-4-2-3-11(14)9-12)10-13(16)5-7-17-8-6-13/h2-4,9,16H,5-8,10,14H2,1H3. The molecule has 0 atom stereocenters. The lowest BCUT2D eigenvalue weighted by Gasteiger charge is -2.36. The minimum Gasteiger partial charge on any atom is -0.399 e. The first-order chi connectivity index (χ1) is 8.09. The largest absolute Gasteiger partial charge is 0.399 e. The fraction of sp³-hybridized carbons (Fsp3) is 0.538. The van der Waals surface area contributed by atoms with Gasteiger partial charge in [0.15, 0.2) is 0 Å². The van der Waals surface area contributed by atoms with Gasteiger partial charge in [-0.3, -0.25) is 0 Å². The fourth-order valence-corrected chi connectivity index (χ4v) is 2.20. The molecule has 3 N–H and O–H groups in total. The molecule has 0 radical (unpaired) electrons. The molecule has 1 saturated heterocycles. The number of nitrogens with two attached hydrogens (primary N) is 1. The van der Waals surface area contributed by atoms with Gasteiger partial charge in [0.25, 0.3) is 0 Å². The van der Waals surface area contributed by atoms with Gasteiger partial charge in [-0.25, -0.2) is 0 Å². The van der Waals surface area contributed by atoms with Crippen molar-refractivity contribution in [3.63, 3.8) is 0 Å². The van der Waals surface area contributed by atoms with E-state index in [1.807, 2.05) is 36.2 Å². The molecule has 1 aliphatic rings. The molecule has 94 valence electrons. The van der Waals surface area contributed by atoms with E-state index in [1.165, 1.54) is 0 Å². The zero-order chi connectivity index (χ0) is 12.3. The van der Waals surface area contributed by atoms with Crippen molar-refractivity contribution in [3.05, 3.63) is 24.3 Å². The highest BCUT2D eigenvalue weighted by Gasteiger charge is 2.31. The van der Waals surface area contributed by atoms with Crippen LogP contribution in [0.2, 0.25) is 0 Å². The number of anilines is 2. The molecule has 17 heavy (non-hydrogen) atoms. The Morgan fingerprint density at radius 1 is 1.41 bits per heavy atom. The number of nitrogens with zero attached hydrogens (tertiary/aromatic N) is 1. The van der Waals surface area contributed by atoms with Gasteiger partial charge in [-0.2, -0.15) is 0 Å². The number of ether oxygens (including phenoxy) is 1. The van der Waals surface area contributed by atoms with Gasteiger partial charge in [0.2, 0.25) is 0 Å². The molecule has 0 saturated carbocycles. The second-order valence-corrected chi connectivity index (χ2v) is 4.79. The van der Waals surface area contributed by atoms with Crippen LogP contribution in [0.5, 0.6) is 0 Å². The van der Waals surface area contributed by atoms with Crippen molar-refractivity contribution >= 4 is 11.4 Å². The Labute approximate surface area is 102 Å². The maximum Gasteiger partial charge on any atom is 0.0865 e. The summed E-state index contributed by atoms with van der Waals surface area (Å²) in [5, 5.41) is 10.4. The van der Waals surface area contributed by atoms with Gasteiger partial charge in [0.1, 0.15) is 0 Å². The van der Waals surface area contributed by atoms with Crippen molar-refractivity contribution in [1.82, 2.24) is 0 Å². The molecule has 1 fully saturated rings. The second kappa shape index (κ2) is 4.94. The van der Waals surface area contributed by atoms with Gasteiger partial charge in [0, 0.05) is 51.0 Å². The monoisotopic (exact) mass is 236 g/mol. The van der Waals surface area contributed by atoms with E-state index in [1.54, 1.807) is 0 Å². The Morgan fingerprint density at radius 3 is 2.76 bits per heavy atom. The Bertz CT molecular complexity index is 375. The van der Waals surface area contributed by atoms with Crippen LogP contribution in [0.15, 0.2) is 24.3 Å². The zero-order valence-corrected chi connectivity index (χ0v) is 10.2. The van der Waals surface area contributed by atoms with Crippen LogP contribution in [0, 0.1) is 0 Å². The summed E-state index contributed by atoms with van der Waals surface area (Å²) in [4.78, 5) is 2.04. The average Bonchev–Trinajstić information content (AvgIpc) is 2.29.